The molecule has 0 atom stereocenters. The van der Waals surface area contributed by atoms with Crippen molar-refractivity contribution in [1.82, 2.24) is 9.88 Å². The van der Waals surface area contributed by atoms with Crippen LogP contribution in [0.3, 0.4) is 0 Å². The van der Waals surface area contributed by atoms with Crippen molar-refractivity contribution in [2.45, 2.75) is 6.92 Å². The van der Waals surface area contributed by atoms with Crippen LogP contribution in [-0.2, 0) is 0 Å². The van der Waals surface area contributed by atoms with Crippen LogP contribution in [-0.4, -0.2) is 46.9 Å². The van der Waals surface area contributed by atoms with Gasteiger partial charge in [-0.25, -0.2) is 4.98 Å². The lowest BCUT2D eigenvalue weighted by molar-refractivity contribution is -0.385. The topological polar surface area (TPSA) is 79.6 Å². The summed E-state index contributed by atoms with van der Waals surface area (Å²) in [6.45, 7) is 4.51. The minimum absolute atomic E-state index is 0.0214. The van der Waals surface area contributed by atoms with E-state index in [0.29, 0.717) is 37.6 Å². The second-order valence-electron chi connectivity index (χ2n) is 5.78. The predicted molar refractivity (Wildman–Crippen MR) is 90.2 cm³/mol. The molecular formula is C17H18N4O3. The van der Waals surface area contributed by atoms with E-state index in [2.05, 4.69) is 4.98 Å². The zero-order valence-electron chi connectivity index (χ0n) is 13.4. The SMILES string of the molecule is Cc1ccc(C(=O)N2CCN(c3ccc([N+](=O)[O-])cn3)CC2)cc1. The summed E-state index contributed by atoms with van der Waals surface area (Å²) in [5, 5.41) is 10.7. The molecule has 3 rings (SSSR count). The molecular weight excluding hydrogens is 308 g/mol. The second kappa shape index (κ2) is 6.66. The summed E-state index contributed by atoms with van der Waals surface area (Å²) in [4.78, 5) is 30.7. The second-order valence-corrected chi connectivity index (χ2v) is 5.78. The van der Waals surface area contributed by atoms with Crippen LogP contribution in [0, 0.1) is 17.0 Å². The van der Waals surface area contributed by atoms with Crippen LogP contribution in [0.15, 0.2) is 42.6 Å². The summed E-state index contributed by atoms with van der Waals surface area (Å²) >= 11 is 0. The first-order valence-electron chi connectivity index (χ1n) is 7.76. The third kappa shape index (κ3) is 3.34. The maximum atomic E-state index is 12.5. The van der Waals surface area contributed by atoms with Gasteiger partial charge < -0.3 is 9.80 Å². The Morgan fingerprint density at radius 3 is 2.29 bits per heavy atom. The molecule has 1 aliphatic heterocycles. The number of carbonyl (C=O) groups excluding carboxylic acids is 1. The smallest absolute Gasteiger partial charge is 0.287 e. The van der Waals surface area contributed by atoms with Gasteiger partial charge in [-0.2, -0.15) is 0 Å². The molecule has 0 saturated carbocycles. The fourth-order valence-corrected chi connectivity index (χ4v) is 2.69. The Kier molecular flexibility index (Phi) is 4.41. The molecule has 0 aliphatic carbocycles. The quantitative estimate of drug-likeness (QED) is 0.638. The van der Waals surface area contributed by atoms with Crippen LogP contribution >= 0.6 is 0 Å². The van der Waals surface area contributed by atoms with Crippen molar-refractivity contribution < 1.29 is 9.72 Å². The summed E-state index contributed by atoms with van der Waals surface area (Å²) < 4.78 is 0. The first-order chi connectivity index (χ1) is 11.5. The van der Waals surface area contributed by atoms with Gasteiger partial charge in [0, 0.05) is 37.8 Å². The number of aromatic nitrogens is 1. The van der Waals surface area contributed by atoms with Gasteiger partial charge in [-0.3, -0.25) is 14.9 Å². The Morgan fingerprint density at radius 2 is 1.75 bits per heavy atom. The Hall–Kier alpha value is -2.96. The molecule has 1 saturated heterocycles. The largest absolute Gasteiger partial charge is 0.353 e. The van der Waals surface area contributed by atoms with Gasteiger partial charge >= 0.3 is 0 Å². The van der Waals surface area contributed by atoms with Crippen LogP contribution in [0.4, 0.5) is 11.5 Å². The number of pyridine rings is 1. The van der Waals surface area contributed by atoms with Crippen LogP contribution in [0.5, 0.6) is 0 Å². The molecule has 24 heavy (non-hydrogen) atoms. The summed E-state index contributed by atoms with van der Waals surface area (Å²) in [6, 6.07) is 10.7. The summed E-state index contributed by atoms with van der Waals surface area (Å²) in [5.74, 6) is 0.731. The highest BCUT2D eigenvalue weighted by Crippen LogP contribution is 2.18. The van der Waals surface area contributed by atoms with E-state index < -0.39 is 4.92 Å². The molecule has 0 spiro atoms. The molecule has 2 aromatic rings. The lowest BCUT2D eigenvalue weighted by Crippen LogP contribution is -2.49. The number of piperazine rings is 1. The van der Waals surface area contributed by atoms with Crippen LogP contribution in [0.1, 0.15) is 15.9 Å². The highest BCUT2D eigenvalue weighted by molar-refractivity contribution is 5.94. The molecule has 0 unspecified atom stereocenters. The van der Waals surface area contributed by atoms with Gasteiger partial charge in [-0.15, -0.1) is 0 Å². The number of amides is 1. The van der Waals surface area contributed by atoms with Crippen molar-refractivity contribution in [2.75, 3.05) is 31.1 Å². The maximum absolute atomic E-state index is 12.5. The van der Waals surface area contributed by atoms with E-state index >= 15 is 0 Å². The van der Waals surface area contributed by atoms with Crippen molar-refractivity contribution >= 4 is 17.4 Å². The molecule has 1 amide bonds. The van der Waals surface area contributed by atoms with E-state index in [0.717, 1.165) is 5.56 Å². The third-order valence-corrected chi connectivity index (χ3v) is 4.13. The molecule has 0 radical (unpaired) electrons. The molecule has 124 valence electrons. The predicted octanol–water partition coefficient (Wildman–Crippen LogP) is 2.26. The van der Waals surface area contributed by atoms with E-state index in [1.165, 1.54) is 12.3 Å². The summed E-state index contributed by atoms with van der Waals surface area (Å²) in [5.41, 5.74) is 1.80. The third-order valence-electron chi connectivity index (χ3n) is 4.13. The van der Waals surface area contributed by atoms with Gasteiger partial charge in [0.15, 0.2) is 0 Å². The van der Waals surface area contributed by atoms with Crippen molar-refractivity contribution in [3.63, 3.8) is 0 Å². The van der Waals surface area contributed by atoms with Crippen molar-refractivity contribution in [1.29, 1.82) is 0 Å². The van der Waals surface area contributed by atoms with E-state index in [9.17, 15) is 14.9 Å². The van der Waals surface area contributed by atoms with E-state index in [1.54, 1.807) is 6.07 Å². The number of anilines is 1. The Balaban J connectivity index is 1.62. The zero-order valence-corrected chi connectivity index (χ0v) is 13.4. The van der Waals surface area contributed by atoms with Gasteiger partial charge in [0.1, 0.15) is 12.0 Å². The number of benzene rings is 1. The number of nitro groups is 1. The zero-order chi connectivity index (χ0) is 17.1. The van der Waals surface area contributed by atoms with Crippen molar-refractivity contribution in [3.8, 4) is 0 Å². The van der Waals surface area contributed by atoms with Crippen molar-refractivity contribution in [3.05, 3.63) is 63.8 Å². The molecule has 1 aromatic heterocycles. The van der Waals surface area contributed by atoms with Gasteiger partial charge in [0.2, 0.25) is 0 Å². The molecule has 1 aromatic carbocycles. The molecule has 2 heterocycles. The average molecular weight is 326 g/mol. The minimum Gasteiger partial charge on any atom is -0.353 e. The van der Waals surface area contributed by atoms with Crippen molar-refractivity contribution in [2.24, 2.45) is 0 Å². The number of carbonyl (C=O) groups is 1. The molecule has 0 bridgehead atoms. The Bertz CT molecular complexity index is 735. The number of aryl methyl sites for hydroxylation is 1. The molecule has 7 nitrogen and oxygen atoms in total. The fourth-order valence-electron chi connectivity index (χ4n) is 2.69. The Morgan fingerprint density at radius 1 is 1.08 bits per heavy atom. The normalized spacial score (nSPS) is 14.5. The summed E-state index contributed by atoms with van der Waals surface area (Å²) in [6.07, 6.45) is 1.26. The highest BCUT2D eigenvalue weighted by atomic mass is 16.6. The lowest BCUT2D eigenvalue weighted by Gasteiger charge is -2.35. The first-order valence-corrected chi connectivity index (χ1v) is 7.76. The van der Waals surface area contributed by atoms with Crippen LogP contribution < -0.4 is 4.90 Å². The van der Waals surface area contributed by atoms with Crippen LogP contribution in [0.25, 0.3) is 0 Å². The highest BCUT2D eigenvalue weighted by Gasteiger charge is 2.23. The maximum Gasteiger partial charge on any atom is 0.287 e. The van der Waals surface area contributed by atoms with Gasteiger partial charge in [-0.1, -0.05) is 17.7 Å². The van der Waals surface area contributed by atoms with E-state index in [1.807, 2.05) is 41.0 Å². The van der Waals surface area contributed by atoms with Gasteiger partial charge in [0.25, 0.3) is 11.6 Å². The van der Waals surface area contributed by atoms with Gasteiger partial charge in [0.05, 0.1) is 4.92 Å². The minimum atomic E-state index is -0.463. The number of rotatable bonds is 3. The first kappa shape index (κ1) is 15.9. The molecule has 7 heteroatoms. The van der Waals surface area contributed by atoms with E-state index in [4.69, 9.17) is 0 Å². The lowest BCUT2D eigenvalue weighted by atomic mass is 10.1. The fraction of sp³-hybridized carbons (Fsp3) is 0.294. The monoisotopic (exact) mass is 326 g/mol. The average Bonchev–Trinajstić information content (AvgIpc) is 2.62. The standard InChI is InChI=1S/C17H18N4O3/c1-13-2-4-14(5-3-13)17(22)20-10-8-19(9-11-20)16-7-6-15(12-18-16)21(23)24/h2-7,12H,8-11H2,1H3. The molecule has 0 N–H and O–H groups in total. The number of hydrogen-bond acceptors (Lipinski definition) is 5. The molecule has 1 aliphatic rings. The van der Waals surface area contributed by atoms with Gasteiger partial charge in [-0.05, 0) is 25.1 Å². The van der Waals surface area contributed by atoms with E-state index in [-0.39, 0.29) is 11.6 Å². The Labute approximate surface area is 139 Å². The molecule has 1 fully saturated rings. The van der Waals surface area contributed by atoms with Crippen LogP contribution in [0.2, 0.25) is 0 Å². The number of hydrogen-bond donors (Lipinski definition) is 0. The summed E-state index contributed by atoms with van der Waals surface area (Å²) in [7, 11) is 0. The number of nitrogens with zero attached hydrogens (tertiary/aromatic N) is 4.